The van der Waals surface area contributed by atoms with E-state index in [-0.39, 0.29) is 11.9 Å². The molecule has 4 unspecified atom stereocenters. The summed E-state index contributed by atoms with van der Waals surface area (Å²) >= 11 is 2.17. The average molecular weight is 373 g/mol. The predicted octanol–water partition coefficient (Wildman–Crippen LogP) is 2.58. The highest BCUT2D eigenvalue weighted by atomic mass is 127. The summed E-state index contributed by atoms with van der Waals surface area (Å²) in [5.41, 5.74) is 0.554. The van der Waals surface area contributed by atoms with Crippen molar-refractivity contribution < 1.29 is 4.79 Å². The van der Waals surface area contributed by atoms with Crippen LogP contribution in [0.15, 0.2) is 6.20 Å². The maximum Gasteiger partial charge on any atom is 0.273 e. The molecule has 0 radical (unpaired) electrons. The topological polar surface area (TPSA) is 46.9 Å². The number of nitrogens with one attached hydrogen (secondary N) is 1. The second-order valence-corrected chi connectivity index (χ2v) is 7.26. The summed E-state index contributed by atoms with van der Waals surface area (Å²) in [5.74, 6) is 2.40. The van der Waals surface area contributed by atoms with E-state index in [9.17, 15) is 4.79 Å². The number of hydrogen-bond donors (Lipinski definition) is 1. The summed E-state index contributed by atoms with van der Waals surface area (Å²) < 4.78 is 2.61. The van der Waals surface area contributed by atoms with Gasteiger partial charge in [-0.25, -0.2) is 0 Å². The normalized spacial score (nSPS) is 30.6. The standard InChI is InChI=1S/C14H20IN3O/c1-8(11-6-9-3-4-10(11)5-9)16-14(19)13-12(15)7-18(2)17-13/h7-11H,3-6H2,1-2H3,(H,16,19). The molecule has 2 fully saturated rings. The summed E-state index contributed by atoms with van der Waals surface area (Å²) in [5, 5.41) is 7.39. The zero-order valence-corrected chi connectivity index (χ0v) is 13.6. The largest absolute Gasteiger partial charge is 0.348 e. The van der Waals surface area contributed by atoms with E-state index >= 15 is 0 Å². The van der Waals surface area contributed by atoms with E-state index in [2.05, 4.69) is 39.9 Å². The third-order valence-electron chi connectivity index (χ3n) is 4.79. The lowest BCUT2D eigenvalue weighted by Gasteiger charge is -2.28. The predicted molar refractivity (Wildman–Crippen MR) is 81.8 cm³/mol. The van der Waals surface area contributed by atoms with Gasteiger partial charge in [-0.3, -0.25) is 9.48 Å². The molecule has 0 aliphatic heterocycles. The molecule has 4 nitrogen and oxygen atoms in total. The van der Waals surface area contributed by atoms with E-state index in [1.54, 1.807) is 4.68 Å². The van der Waals surface area contributed by atoms with Gasteiger partial charge in [-0.2, -0.15) is 5.10 Å². The van der Waals surface area contributed by atoms with Crippen molar-refractivity contribution in [2.75, 3.05) is 0 Å². The molecule has 2 saturated carbocycles. The maximum absolute atomic E-state index is 12.3. The van der Waals surface area contributed by atoms with Crippen molar-refractivity contribution in [1.82, 2.24) is 15.1 Å². The summed E-state index contributed by atoms with van der Waals surface area (Å²) in [4.78, 5) is 12.3. The van der Waals surface area contributed by atoms with E-state index in [0.717, 1.165) is 15.4 Å². The van der Waals surface area contributed by atoms with E-state index in [1.807, 2.05) is 13.2 Å². The molecule has 5 heteroatoms. The van der Waals surface area contributed by atoms with Crippen LogP contribution in [0.25, 0.3) is 0 Å². The Kier molecular flexibility index (Phi) is 3.57. The number of aromatic nitrogens is 2. The van der Waals surface area contributed by atoms with Crippen LogP contribution in [-0.2, 0) is 7.05 Å². The monoisotopic (exact) mass is 373 g/mol. The molecule has 2 aliphatic rings. The van der Waals surface area contributed by atoms with Crippen molar-refractivity contribution in [3.63, 3.8) is 0 Å². The lowest BCUT2D eigenvalue weighted by Crippen LogP contribution is -2.40. The van der Waals surface area contributed by atoms with Crippen molar-refractivity contribution in [1.29, 1.82) is 0 Å². The first kappa shape index (κ1) is 13.4. The van der Waals surface area contributed by atoms with Gasteiger partial charge in [-0.05, 0) is 66.5 Å². The van der Waals surface area contributed by atoms with Gasteiger partial charge in [0.1, 0.15) is 0 Å². The summed E-state index contributed by atoms with van der Waals surface area (Å²) in [6, 6.07) is 0.264. The molecule has 1 heterocycles. The lowest BCUT2D eigenvalue weighted by atomic mass is 9.84. The number of hydrogen-bond acceptors (Lipinski definition) is 2. The molecule has 0 aromatic carbocycles. The van der Waals surface area contributed by atoms with Crippen LogP contribution < -0.4 is 5.32 Å². The van der Waals surface area contributed by atoms with Gasteiger partial charge < -0.3 is 5.32 Å². The first-order valence-electron chi connectivity index (χ1n) is 7.04. The Bertz CT molecular complexity index is 499. The number of carbonyl (C=O) groups is 1. The molecule has 1 amide bonds. The highest BCUT2D eigenvalue weighted by Gasteiger charge is 2.42. The Morgan fingerprint density at radius 2 is 2.32 bits per heavy atom. The lowest BCUT2D eigenvalue weighted by molar-refractivity contribution is 0.0908. The Morgan fingerprint density at radius 3 is 2.84 bits per heavy atom. The number of aryl methyl sites for hydroxylation is 1. The summed E-state index contributed by atoms with van der Waals surface area (Å²) in [6.45, 7) is 2.15. The summed E-state index contributed by atoms with van der Waals surface area (Å²) in [7, 11) is 1.85. The minimum absolute atomic E-state index is 0.0275. The number of amides is 1. The van der Waals surface area contributed by atoms with Crippen molar-refractivity contribution >= 4 is 28.5 Å². The molecular weight excluding hydrogens is 353 g/mol. The molecule has 1 N–H and O–H groups in total. The number of carbonyl (C=O) groups excluding carboxylic acids is 1. The van der Waals surface area contributed by atoms with E-state index in [0.29, 0.717) is 11.6 Å². The van der Waals surface area contributed by atoms with Crippen LogP contribution in [0.5, 0.6) is 0 Å². The van der Waals surface area contributed by atoms with Crippen molar-refractivity contribution in [2.24, 2.45) is 24.8 Å². The van der Waals surface area contributed by atoms with Gasteiger partial charge in [0.15, 0.2) is 5.69 Å². The van der Waals surface area contributed by atoms with Crippen molar-refractivity contribution in [2.45, 2.75) is 38.6 Å². The molecule has 19 heavy (non-hydrogen) atoms. The van der Waals surface area contributed by atoms with Gasteiger partial charge >= 0.3 is 0 Å². The fourth-order valence-corrected chi connectivity index (χ4v) is 4.66. The van der Waals surface area contributed by atoms with Gasteiger partial charge in [-0.1, -0.05) is 6.42 Å². The molecule has 2 bridgehead atoms. The van der Waals surface area contributed by atoms with Gasteiger partial charge in [0.25, 0.3) is 5.91 Å². The third kappa shape index (κ3) is 2.53. The molecule has 0 spiro atoms. The minimum Gasteiger partial charge on any atom is -0.348 e. The first-order chi connectivity index (χ1) is 9.04. The zero-order valence-electron chi connectivity index (χ0n) is 11.4. The van der Waals surface area contributed by atoms with Crippen molar-refractivity contribution in [3.8, 4) is 0 Å². The van der Waals surface area contributed by atoms with Crippen molar-refractivity contribution in [3.05, 3.63) is 15.5 Å². The molecule has 4 atom stereocenters. The second kappa shape index (κ2) is 5.07. The summed E-state index contributed by atoms with van der Waals surface area (Å²) in [6.07, 6.45) is 7.31. The molecule has 104 valence electrons. The van der Waals surface area contributed by atoms with Crippen LogP contribution in [-0.4, -0.2) is 21.7 Å². The fraction of sp³-hybridized carbons (Fsp3) is 0.714. The van der Waals surface area contributed by atoms with Crippen LogP contribution in [0.2, 0.25) is 0 Å². The molecule has 3 rings (SSSR count). The van der Waals surface area contributed by atoms with Crippen LogP contribution in [0.4, 0.5) is 0 Å². The quantitative estimate of drug-likeness (QED) is 0.828. The van der Waals surface area contributed by atoms with Crippen LogP contribution in [0.1, 0.15) is 43.1 Å². The Morgan fingerprint density at radius 1 is 1.53 bits per heavy atom. The van der Waals surface area contributed by atoms with Crippen LogP contribution >= 0.6 is 22.6 Å². The average Bonchev–Trinajstić information content (AvgIpc) is 3.03. The molecule has 2 aliphatic carbocycles. The van der Waals surface area contributed by atoms with Gasteiger partial charge in [0, 0.05) is 19.3 Å². The highest BCUT2D eigenvalue weighted by Crippen LogP contribution is 2.49. The second-order valence-electron chi connectivity index (χ2n) is 6.10. The SMILES string of the molecule is CC(NC(=O)c1nn(C)cc1I)C1CC2CCC1C2. The smallest absolute Gasteiger partial charge is 0.273 e. The molecule has 1 aromatic rings. The number of nitrogens with zero attached hydrogens (tertiary/aromatic N) is 2. The highest BCUT2D eigenvalue weighted by molar-refractivity contribution is 14.1. The van der Waals surface area contributed by atoms with Gasteiger partial charge in [0.05, 0.1) is 3.57 Å². The Labute approximate surface area is 127 Å². The van der Waals surface area contributed by atoms with Gasteiger partial charge in [-0.15, -0.1) is 0 Å². The number of fused-ring (bicyclic) bond motifs is 2. The number of halogens is 1. The Balaban J connectivity index is 1.65. The zero-order chi connectivity index (χ0) is 13.6. The molecular formula is C14H20IN3O. The maximum atomic E-state index is 12.3. The van der Waals surface area contributed by atoms with Crippen LogP contribution in [0, 0.1) is 21.3 Å². The number of rotatable bonds is 3. The Hall–Kier alpha value is -0.590. The van der Waals surface area contributed by atoms with E-state index in [4.69, 9.17) is 0 Å². The van der Waals surface area contributed by atoms with E-state index < -0.39 is 0 Å². The molecule has 0 saturated heterocycles. The minimum atomic E-state index is -0.0275. The van der Waals surface area contributed by atoms with Crippen LogP contribution in [0.3, 0.4) is 0 Å². The van der Waals surface area contributed by atoms with E-state index in [1.165, 1.54) is 25.7 Å². The third-order valence-corrected chi connectivity index (χ3v) is 5.58. The fourth-order valence-electron chi connectivity index (χ4n) is 3.90. The first-order valence-corrected chi connectivity index (χ1v) is 8.12. The molecule has 1 aromatic heterocycles. The van der Waals surface area contributed by atoms with Gasteiger partial charge in [0.2, 0.25) is 0 Å².